The van der Waals surface area contributed by atoms with Crippen LogP contribution in [0.1, 0.15) is 31.9 Å². The Balaban J connectivity index is 2.00. The number of aliphatic hydroxyl groups is 1. The maximum Gasteiger partial charge on any atom is 0.143 e. The monoisotopic (exact) mass is 275 g/mol. The fourth-order valence-corrected chi connectivity index (χ4v) is 2.03. The molecule has 0 amide bonds. The first-order chi connectivity index (χ1) is 9.70. The molecule has 108 valence electrons. The lowest BCUT2D eigenvalue weighted by atomic mass is 10.1. The average molecular weight is 275 g/mol. The van der Waals surface area contributed by atoms with Crippen molar-refractivity contribution in [3.05, 3.63) is 36.2 Å². The van der Waals surface area contributed by atoms with Crippen LogP contribution in [0, 0.1) is 5.92 Å². The Kier molecular flexibility index (Phi) is 5.20. The van der Waals surface area contributed by atoms with E-state index >= 15 is 0 Å². The molecule has 6 nitrogen and oxygen atoms in total. The summed E-state index contributed by atoms with van der Waals surface area (Å²) in [6.07, 6.45) is 2.41. The van der Waals surface area contributed by atoms with E-state index in [1.54, 1.807) is 11.0 Å². The Morgan fingerprint density at radius 1 is 1.35 bits per heavy atom. The normalized spacial score (nSPS) is 14.2. The summed E-state index contributed by atoms with van der Waals surface area (Å²) in [7, 11) is 0. The Labute approximate surface area is 118 Å². The molecule has 2 N–H and O–H groups in total. The quantitative estimate of drug-likeness (QED) is 0.797. The molecule has 2 aromatic rings. The first-order valence-corrected chi connectivity index (χ1v) is 6.88. The van der Waals surface area contributed by atoms with Crippen LogP contribution in [0.3, 0.4) is 0 Å². The molecule has 2 unspecified atom stereocenters. The molecule has 20 heavy (non-hydrogen) atoms. The van der Waals surface area contributed by atoms with Gasteiger partial charge in [-0.1, -0.05) is 19.1 Å². The number of aliphatic hydroxyl groups excluding tert-OH is 1. The average Bonchev–Trinajstić information content (AvgIpc) is 2.99. The molecule has 0 aliphatic rings. The highest BCUT2D eigenvalue weighted by Gasteiger charge is 2.09. The van der Waals surface area contributed by atoms with Crippen molar-refractivity contribution in [1.29, 1.82) is 0 Å². The summed E-state index contributed by atoms with van der Waals surface area (Å²) in [5, 5.41) is 23.6. The molecule has 0 bridgehead atoms. The van der Waals surface area contributed by atoms with E-state index < -0.39 is 0 Å². The molecule has 2 rings (SSSR count). The molecule has 0 aliphatic carbocycles. The summed E-state index contributed by atoms with van der Waals surface area (Å²) >= 11 is 0. The summed E-state index contributed by atoms with van der Waals surface area (Å²) in [6.45, 7) is 5.39. The van der Waals surface area contributed by atoms with Gasteiger partial charge in [0.05, 0.1) is 5.69 Å². The molecule has 6 heteroatoms. The van der Waals surface area contributed by atoms with Crippen LogP contribution >= 0.6 is 0 Å². The van der Waals surface area contributed by atoms with Gasteiger partial charge in [0, 0.05) is 12.6 Å². The first kappa shape index (κ1) is 14.6. The van der Waals surface area contributed by atoms with Crippen molar-refractivity contribution in [3.8, 4) is 5.69 Å². The Bertz CT molecular complexity index is 514. The highest BCUT2D eigenvalue weighted by atomic mass is 16.3. The van der Waals surface area contributed by atoms with Crippen molar-refractivity contribution in [2.75, 3.05) is 13.2 Å². The van der Waals surface area contributed by atoms with Gasteiger partial charge in [-0.25, -0.2) is 4.68 Å². The molecule has 0 spiro atoms. The van der Waals surface area contributed by atoms with Gasteiger partial charge in [0.15, 0.2) is 0 Å². The van der Waals surface area contributed by atoms with Crippen LogP contribution in [-0.2, 0) is 0 Å². The van der Waals surface area contributed by atoms with E-state index in [0.29, 0.717) is 5.92 Å². The first-order valence-electron chi connectivity index (χ1n) is 6.88. The predicted molar refractivity (Wildman–Crippen MR) is 76.4 cm³/mol. The minimum Gasteiger partial charge on any atom is -0.396 e. The maximum absolute atomic E-state index is 8.91. The molecule has 0 aliphatic heterocycles. The van der Waals surface area contributed by atoms with E-state index in [1.165, 1.54) is 5.56 Å². The van der Waals surface area contributed by atoms with E-state index in [-0.39, 0.29) is 12.6 Å². The number of nitrogens with zero attached hydrogens (tertiary/aromatic N) is 4. The zero-order chi connectivity index (χ0) is 14.4. The molecule has 0 saturated carbocycles. The minimum absolute atomic E-state index is 0.242. The molecular weight excluding hydrogens is 254 g/mol. The number of aromatic nitrogens is 4. The van der Waals surface area contributed by atoms with Crippen molar-refractivity contribution < 1.29 is 5.11 Å². The minimum atomic E-state index is 0.242. The molecule has 0 radical (unpaired) electrons. The Morgan fingerprint density at radius 3 is 2.90 bits per heavy atom. The van der Waals surface area contributed by atoms with Gasteiger partial charge in [-0.2, -0.15) is 0 Å². The zero-order valence-corrected chi connectivity index (χ0v) is 11.9. The van der Waals surface area contributed by atoms with Gasteiger partial charge < -0.3 is 10.4 Å². The van der Waals surface area contributed by atoms with Crippen molar-refractivity contribution in [3.63, 3.8) is 0 Å². The molecular formula is C14H21N5O. The van der Waals surface area contributed by atoms with Gasteiger partial charge >= 0.3 is 0 Å². The molecule has 1 aromatic heterocycles. The summed E-state index contributed by atoms with van der Waals surface area (Å²) in [5.74, 6) is 0.463. The topological polar surface area (TPSA) is 75.9 Å². The lowest BCUT2D eigenvalue weighted by Gasteiger charge is -2.18. The SMILES string of the molecule is CC(CCO)CNC(C)c1cccc(-n2cnnn2)c1. The Morgan fingerprint density at radius 2 is 2.20 bits per heavy atom. The molecule has 2 atom stereocenters. The third-order valence-corrected chi connectivity index (χ3v) is 3.38. The van der Waals surface area contributed by atoms with Crippen LogP contribution in [0.15, 0.2) is 30.6 Å². The number of rotatable bonds is 7. The highest BCUT2D eigenvalue weighted by Crippen LogP contribution is 2.16. The number of hydrogen-bond donors (Lipinski definition) is 2. The van der Waals surface area contributed by atoms with Gasteiger partial charge in [0.25, 0.3) is 0 Å². The molecule has 0 fully saturated rings. The number of tetrazole rings is 1. The Hall–Kier alpha value is -1.79. The van der Waals surface area contributed by atoms with Gasteiger partial charge in [0.2, 0.25) is 0 Å². The van der Waals surface area contributed by atoms with Gasteiger partial charge in [-0.3, -0.25) is 0 Å². The van der Waals surface area contributed by atoms with Crippen LogP contribution < -0.4 is 5.32 Å². The smallest absolute Gasteiger partial charge is 0.143 e. The molecule has 1 heterocycles. The van der Waals surface area contributed by atoms with Crippen molar-refractivity contribution in [1.82, 2.24) is 25.5 Å². The third-order valence-electron chi connectivity index (χ3n) is 3.38. The van der Waals surface area contributed by atoms with E-state index in [4.69, 9.17) is 5.11 Å². The van der Waals surface area contributed by atoms with E-state index in [1.807, 2.05) is 12.1 Å². The summed E-state index contributed by atoms with van der Waals surface area (Å²) in [6, 6.07) is 8.38. The lowest BCUT2D eigenvalue weighted by Crippen LogP contribution is -2.25. The van der Waals surface area contributed by atoms with E-state index in [0.717, 1.165) is 18.7 Å². The number of hydrogen-bond acceptors (Lipinski definition) is 5. The highest BCUT2D eigenvalue weighted by molar-refractivity contribution is 5.35. The van der Waals surface area contributed by atoms with E-state index in [9.17, 15) is 0 Å². The lowest BCUT2D eigenvalue weighted by molar-refractivity contribution is 0.258. The van der Waals surface area contributed by atoms with Gasteiger partial charge in [-0.05, 0) is 53.9 Å². The molecule has 0 saturated heterocycles. The van der Waals surface area contributed by atoms with Crippen molar-refractivity contribution in [2.45, 2.75) is 26.3 Å². The fourth-order valence-electron chi connectivity index (χ4n) is 2.03. The van der Waals surface area contributed by atoms with E-state index in [2.05, 4.69) is 46.8 Å². The standard InChI is InChI=1S/C14H21N5O/c1-11(6-7-20)9-15-12(2)13-4-3-5-14(8-13)19-10-16-17-18-19/h3-5,8,10-12,15,20H,6-7,9H2,1-2H3. The van der Waals surface area contributed by atoms with Crippen LogP contribution in [-0.4, -0.2) is 38.5 Å². The van der Waals surface area contributed by atoms with Crippen molar-refractivity contribution in [2.24, 2.45) is 5.92 Å². The second kappa shape index (κ2) is 7.12. The van der Waals surface area contributed by atoms with Crippen molar-refractivity contribution >= 4 is 0 Å². The maximum atomic E-state index is 8.91. The second-order valence-electron chi connectivity index (χ2n) is 5.10. The fraction of sp³-hybridized carbons (Fsp3) is 0.500. The number of benzene rings is 1. The zero-order valence-electron chi connectivity index (χ0n) is 11.9. The van der Waals surface area contributed by atoms with Crippen LogP contribution in [0.4, 0.5) is 0 Å². The van der Waals surface area contributed by atoms with Crippen LogP contribution in [0.2, 0.25) is 0 Å². The summed E-state index contributed by atoms with van der Waals surface area (Å²) in [5.41, 5.74) is 2.14. The predicted octanol–water partition coefficient (Wildman–Crippen LogP) is 1.33. The van der Waals surface area contributed by atoms with Gasteiger partial charge in [-0.15, -0.1) is 5.10 Å². The summed E-state index contributed by atoms with van der Waals surface area (Å²) < 4.78 is 1.64. The third kappa shape index (κ3) is 3.85. The number of nitrogens with one attached hydrogen (secondary N) is 1. The van der Waals surface area contributed by atoms with Crippen LogP contribution in [0.5, 0.6) is 0 Å². The second-order valence-corrected chi connectivity index (χ2v) is 5.10. The van der Waals surface area contributed by atoms with Gasteiger partial charge in [0.1, 0.15) is 6.33 Å². The summed E-state index contributed by atoms with van der Waals surface area (Å²) in [4.78, 5) is 0. The molecule has 1 aromatic carbocycles. The van der Waals surface area contributed by atoms with Crippen LogP contribution in [0.25, 0.3) is 5.69 Å². The largest absolute Gasteiger partial charge is 0.396 e.